The average molecular weight is 198 g/mol. The summed E-state index contributed by atoms with van der Waals surface area (Å²) in [6.45, 7) is 2.05. The van der Waals surface area contributed by atoms with Gasteiger partial charge in [0.25, 0.3) is 0 Å². The molecular weight excluding hydrogens is 180 g/mol. The first kappa shape index (κ1) is 11.2. The lowest BCUT2D eigenvalue weighted by Gasteiger charge is -2.14. The molecule has 0 spiro atoms. The molecule has 0 radical (unpaired) electrons. The Morgan fingerprint density at radius 2 is 2.50 bits per heavy atom. The van der Waals surface area contributed by atoms with E-state index in [1.54, 1.807) is 11.8 Å². The Morgan fingerprint density at radius 1 is 1.71 bits per heavy atom. The fourth-order valence-electron chi connectivity index (χ4n) is 1.29. The maximum absolute atomic E-state index is 5.66. The highest BCUT2D eigenvalue weighted by molar-refractivity contribution is 5.10. The summed E-state index contributed by atoms with van der Waals surface area (Å²) in [5, 5.41) is 7.40. The van der Waals surface area contributed by atoms with E-state index in [2.05, 4.69) is 10.4 Å². The van der Waals surface area contributed by atoms with Crippen molar-refractivity contribution in [2.24, 2.45) is 12.8 Å². The molecule has 5 heteroatoms. The zero-order chi connectivity index (χ0) is 10.4. The number of hydrogen-bond donors (Lipinski definition) is 2. The Bertz CT molecular complexity index is 261. The molecule has 1 rings (SSSR count). The molecule has 80 valence electrons. The van der Waals surface area contributed by atoms with Crippen LogP contribution in [0.15, 0.2) is 12.4 Å². The number of aryl methyl sites for hydroxylation is 1. The SMILES string of the molecule is COCCNC(CN)c1cnn(C)c1. The smallest absolute Gasteiger partial charge is 0.0587 e. The molecular formula is C9H18N4O. The van der Waals surface area contributed by atoms with E-state index in [9.17, 15) is 0 Å². The van der Waals surface area contributed by atoms with Gasteiger partial charge < -0.3 is 15.8 Å². The maximum atomic E-state index is 5.66. The van der Waals surface area contributed by atoms with Crippen molar-refractivity contribution >= 4 is 0 Å². The van der Waals surface area contributed by atoms with Crippen LogP contribution in [0.5, 0.6) is 0 Å². The standard InChI is InChI=1S/C9H18N4O/c1-13-7-8(6-12-13)9(5-10)11-3-4-14-2/h6-7,9,11H,3-5,10H2,1-2H3. The summed E-state index contributed by atoms with van der Waals surface area (Å²) in [4.78, 5) is 0. The number of nitrogens with two attached hydrogens (primary N) is 1. The molecule has 0 saturated heterocycles. The first-order valence-electron chi connectivity index (χ1n) is 4.69. The van der Waals surface area contributed by atoms with Crippen LogP contribution in [0.2, 0.25) is 0 Å². The zero-order valence-corrected chi connectivity index (χ0v) is 8.73. The van der Waals surface area contributed by atoms with Gasteiger partial charge in [0, 0.05) is 45.0 Å². The number of nitrogens with one attached hydrogen (secondary N) is 1. The minimum absolute atomic E-state index is 0.166. The van der Waals surface area contributed by atoms with Crippen LogP contribution in [-0.4, -0.2) is 36.6 Å². The molecule has 0 amide bonds. The minimum Gasteiger partial charge on any atom is -0.383 e. The highest BCUT2D eigenvalue weighted by Gasteiger charge is 2.09. The summed E-state index contributed by atoms with van der Waals surface area (Å²) in [7, 11) is 3.58. The number of aromatic nitrogens is 2. The molecule has 0 aromatic carbocycles. The Morgan fingerprint density at radius 3 is 3.00 bits per heavy atom. The van der Waals surface area contributed by atoms with Crippen molar-refractivity contribution in [2.75, 3.05) is 26.8 Å². The molecule has 5 nitrogen and oxygen atoms in total. The number of nitrogens with zero attached hydrogens (tertiary/aromatic N) is 2. The van der Waals surface area contributed by atoms with Crippen molar-refractivity contribution < 1.29 is 4.74 Å². The average Bonchev–Trinajstić information content (AvgIpc) is 2.60. The van der Waals surface area contributed by atoms with E-state index >= 15 is 0 Å². The van der Waals surface area contributed by atoms with Crippen LogP contribution in [0.25, 0.3) is 0 Å². The van der Waals surface area contributed by atoms with Gasteiger partial charge in [-0.25, -0.2) is 0 Å². The van der Waals surface area contributed by atoms with Gasteiger partial charge in [-0.3, -0.25) is 4.68 Å². The molecule has 0 saturated carbocycles. The molecule has 1 atom stereocenters. The second kappa shape index (κ2) is 5.74. The molecule has 0 fully saturated rings. The predicted octanol–water partition coefficient (Wildman–Crippen LogP) is -0.344. The molecule has 1 aromatic heterocycles. The number of hydrogen-bond acceptors (Lipinski definition) is 4. The van der Waals surface area contributed by atoms with E-state index in [0.717, 1.165) is 12.1 Å². The lowest BCUT2D eigenvalue weighted by molar-refractivity contribution is 0.196. The second-order valence-corrected chi connectivity index (χ2v) is 3.18. The summed E-state index contributed by atoms with van der Waals surface area (Å²) < 4.78 is 6.73. The van der Waals surface area contributed by atoms with Crippen LogP contribution in [0.4, 0.5) is 0 Å². The predicted molar refractivity (Wildman–Crippen MR) is 54.9 cm³/mol. The highest BCUT2D eigenvalue weighted by Crippen LogP contribution is 2.08. The normalized spacial score (nSPS) is 13.1. The molecule has 0 bridgehead atoms. The quantitative estimate of drug-likeness (QED) is 0.614. The third kappa shape index (κ3) is 3.10. The van der Waals surface area contributed by atoms with Crippen molar-refractivity contribution in [3.63, 3.8) is 0 Å². The Balaban J connectivity index is 2.45. The third-order valence-corrected chi connectivity index (χ3v) is 2.06. The second-order valence-electron chi connectivity index (χ2n) is 3.18. The van der Waals surface area contributed by atoms with E-state index in [0.29, 0.717) is 13.2 Å². The van der Waals surface area contributed by atoms with E-state index in [1.807, 2.05) is 19.4 Å². The fraction of sp³-hybridized carbons (Fsp3) is 0.667. The van der Waals surface area contributed by atoms with Crippen LogP contribution in [0.3, 0.4) is 0 Å². The summed E-state index contributed by atoms with van der Waals surface area (Å²) >= 11 is 0. The van der Waals surface area contributed by atoms with Gasteiger partial charge in [-0.1, -0.05) is 0 Å². The molecule has 3 N–H and O–H groups in total. The van der Waals surface area contributed by atoms with Crippen molar-refractivity contribution in [3.8, 4) is 0 Å². The van der Waals surface area contributed by atoms with E-state index in [4.69, 9.17) is 10.5 Å². The van der Waals surface area contributed by atoms with Gasteiger partial charge in [-0.15, -0.1) is 0 Å². The number of methoxy groups -OCH3 is 1. The van der Waals surface area contributed by atoms with Gasteiger partial charge in [-0.2, -0.15) is 5.10 Å². The van der Waals surface area contributed by atoms with Crippen LogP contribution < -0.4 is 11.1 Å². The van der Waals surface area contributed by atoms with E-state index in [1.165, 1.54) is 0 Å². The van der Waals surface area contributed by atoms with Crippen molar-refractivity contribution in [2.45, 2.75) is 6.04 Å². The molecule has 14 heavy (non-hydrogen) atoms. The third-order valence-electron chi connectivity index (χ3n) is 2.06. The minimum atomic E-state index is 0.166. The van der Waals surface area contributed by atoms with Gasteiger partial charge in [0.05, 0.1) is 12.8 Å². The summed E-state index contributed by atoms with van der Waals surface area (Å²) in [6.07, 6.45) is 3.80. The van der Waals surface area contributed by atoms with Crippen LogP contribution in [-0.2, 0) is 11.8 Å². The topological polar surface area (TPSA) is 65.1 Å². The Hall–Kier alpha value is -0.910. The molecule has 0 aliphatic carbocycles. The summed E-state index contributed by atoms with van der Waals surface area (Å²) in [5.74, 6) is 0. The fourth-order valence-corrected chi connectivity index (χ4v) is 1.29. The first-order chi connectivity index (χ1) is 6.77. The number of rotatable bonds is 6. The van der Waals surface area contributed by atoms with Crippen LogP contribution in [0, 0.1) is 0 Å². The van der Waals surface area contributed by atoms with Crippen LogP contribution >= 0.6 is 0 Å². The monoisotopic (exact) mass is 198 g/mol. The largest absolute Gasteiger partial charge is 0.383 e. The molecule has 0 aliphatic heterocycles. The van der Waals surface area contributed by atoms with Crippen molar-refractivity contribution in [1.29, 1.82) is 0 Å². The van der Waals surface area contributed by atoms with E-state index < -0.39 is 0 Å². The van der Waals surface area contributed by atoms with Gasteiger partial charge in [-0.05, 0) is 0 Å². The maximum Gasteiger partial charge on any atom is 0.0587 e. The Labute approximate surface area is 84.2 Å². The highest BCUT2D eigenvalue weighted by atomic mass is 16.5. The number of ether oxygens (including phenoxy) is 1. The zero-order valence-electron chi connectivity index (χ0n) is 8.73. The molecule has 1 aromatic rings. The molecule has 1 heterocycles. The van der Waals surface area contributed by atoms with E-state index in [-0.39, 0.29) is 6.04 Å². The summed E-state index contributed by atoms with van der Waals surface area (Å²) in [5.41, 5.74) is 6.77. The van der Waals surface area contributed by atoms with Gasteiger partial charge >= 0.3 is 0 Å². The van der Waals surface area contributed by atoms with Crippen LogP contribution in [0.1, 0.15) is 11.6 Å². The lowest BCUT2D eigenvalue weighted by atomic mass is 10.1. The van der Waals surface area contributed by atoms with Crippen molar-refractivity contribution in [1.82, 2.24) is 15.1 Å². The Kier molecular flexibility index (Phi) is 4.58. The van der Waals surface area contributed by atoms with Crippen molar-refractivity contribution in [3.05, 3.63) is 18.0 Å². The first-order valence-corrected chi connectivity index (χ1v) is 4.69. The van der Waals surface area contributed by atoms with Gasteiger partial charge in [0.15, 0.2) is 0 Å². The molecule has 1 unspecified atom stereocenters. The lowest BCUT2D eigenvalue weighted by Crippen LogP contribution is -2.30. The van der Waals surface area contributed by atoms with Gasteiger partial charge in [0.2, 0.25) is 0 Å². The van der Waals surface area contributed by atoms with Gasteiger partial charge in [0.1, 0.15) is 0 Å². The summed E-state index contributed by atoms with van der Waals surface area (Å²) in [6, 6.07) is 0.166. The molecule has 0 aliphatic rings.